The summed E-state index contributed by atoms with van der Waals surface area (Å²) in [5, 5.41) is 7.86. The van der Waals surface area contributed by atoms with Crippen molar-refractivity contribution in [2.75, 3.05) is 0 Å². The Bertz CT molecular complexity index is 476. The van der Waals surface area contributed by atoms with Crippen LogP contribution in [-0.2, 0) is 5.88 Å². The Morgan fingerprint density at radius 1 is 1.27 bits per heavy atom. The fraction of sp³-hybridized carbons (Fsp3) is 0.273. The van der Waals surface area contributed by atoms with Gasteiger partial charge in [0.1, 0.15) is 0 Å². The lowest BCUT2D eigenvalue weighted by atomic mass is 10.1. The first-order chi connectivity index (χ1) is 7.22. The number of nitrogens with zero attached hydrogens (tertiary/aromatic N) is 3. The SMILES string of the molecule is Cc1ccc(-n2nncc2CCl)cc1C. The molecule has 0 atom stereocenters. The Hall–Kier alpha value is -1.35. The first-order valence-corrected chi connectivity index (χ1v) is 5.29. The van der Waals surface area contributed by atoms with Crippen LogP contribution < -0.4 is 0 Å². The van der Waals surface area contributed by atoms with E-state index in [1.807, 2.05) is 6.07 Å². The molecule has 0 saturated carbocycles. The third kappa shape index (κ3) is 1.88. The van der Waals surface area contributed by atoms with Crippen molar-refractivity contribution in [3.8, 4) is 5.69 Å². The molecule has 0 radical (unpaired) electrons. The van der Waals surface area contributed by atoms with Gasteiger partial charge in [-0.05, 0) is 37.1 Å². The highest BCUT2D eigenvalue weighted by atomic mass is 35.5. The van der Waals surface area contributed by atoms with Crippen molar-refractivity contribution < 1.29 is 0 Å². The largest absolute Gasteiger partial charge is 0.216 e. The van der Waals surface area contributed by atoms with E-state index < -0.39 is 0 Å². The summed E-state index contributed by atoms with van der Waals surface area (Å²) < 4.78 is 1.76. The number of hydrogen-bond donors (Lipinski definition) is 0. The van der Waals surface area contributed by atoms with E-state index >= 15 is 0 Å². The molecule has 2 rings (SSSR count). The number of aromatic nitrogens is 3. The summed E-state index contributed by atoms with van der Waals surface area (Å²) in [6.07, 6.45) is 1.68. The summed E-state index contributed by atoms with van der Waals surface area (Å²) in [6, 6.07) is 6.18. The van der Waals surface area contributed by atoms with Crippen molar-refractivity contribution in [2.45, 2.75) is 19.7 Å². The van der Waals surface area contributed by atoms with Crippen LogP contribution in [0.5, 0.6) is 0 Å². The van der Waals surface area contributed by atoms with Crippen molar-refractivity contribution in [1.82, 2.24) is 15.0 Å². The minimum Gasteiger partial charge on any atom is -0.216 e. The van der Waals surface area contributed by atoms with E-state index in [9.17, 15) is 0 Å². The molecule has 0 aliphatic heterocycles. The van der Waals surface area contributed by atoms with E-state index in [4.69, 9.17) is 11.6 Å². The Kier molecular flexibility index (Phi) is 2.73. The van der Waals surface area contributed by atoms with Gasteiger partial charge in [-0.2, -0.15) is 0 Å². The van der Waals surface area contributed by atoms with Gasteiger partial charge in [0.15, 0.2) is 0 Å². The second kappa shape index (κ2) is 4.03. The van der Waals surface area contributed by atoms with Crippen molar-refractivity contribution in [1.29, 1.82) is 0 Å². The van der Waals surface area contributed by atoms with Gasteiger partial charge in [0.25, 0.3) is 0 Å². The molecule has 0 spiro atoms. The van der Waals surface area contributed by atoms with Crippen molar-refractivity contribution >= 4 is 11.6 Å². The predicted molar refractivity (Wildman–Crippen MR) is 60.4 cm³/mol. The first-order valence-electron chi connectivity index (χ1n) is 4.75. The molecular formula is C11H12ClN3. The van der Waals surface area contributed by atoms with Gasteiger partial charge in [-0.15, -0.1) is 16.7 Å². The fourth-order valence-electron chi connectivity index (χ4n) is 1.42. The van der Waals surface area contributed by atoms with E-state index in [2.05, 4.69) is 36.3 Å². The van der Waals surface area contributed by atoms with Crippen LogP contribution in [0.3, 0.4) is 0 Å². The highest BCUT2D eigenvalue weighted by molar-refractivity contribution is 6.16. The Labute approximate surface area is 93.7 Å². The zero-order chi connectivity index (χ0) is 10.8. The second-order valence-corrected chi connectivity index (χ2v) is 3.81. The van der Waals surface area contributed by atoms with E-state index in [1.165, 1.54) is 11.1 Å². The third-order valence-corrected chi connectivity index (χ3v) is 2.77. The summed E-state index contributed by atoms with van der Waals surface area (Å²) >= 11 is 5.79. The quantitative estimate of drug-likeness (QED) is 0.730. The number of hydrogen-bond acceptors (Lipinski definition) is 2. The van der Waals surface area contributed by atoms with Gasteiger partial charge in [-0.1, -0.05) is 11.3 Å². The van der Waals surface area contributed by atoms with Gasteiger partial charge in [-0.3, -0.25) is 0 Å². The van der Waals surface area contributed by atoms with Crippen LogP contribution in [0, 0.1) is 13.8 Å². The highest BCUT2D eigenvalue weighted by Crippen LogP contribution is 2.15. The maximum atomic E-state index is 5.79. The molecule has 0 aliphatic carbocycles. The summed E-state index contributed by atoms with van der Waals surface area (Å²) in [5.41, 5.74) is 4.42. The van der Waals surface area contributed by atoms with Gasteiger partial charge in [-0.25, -0.2) is 4.68 Å². The lowest BCUT2D eigenvalue weighted by molar-refractivity contribution is 0.780. The summed E-state index contributed by atoms with van der Waals surface area (Å²) in [6.45, 7) is 4.17. The highest BCUT2D eigenvalue weighted by Gasteiger charge is 2.05. The molecule has 1 aromatic heterocycles. The van der Waals surface area contributed by atoms with Crippen LogP contribution in [0.25, 0.3) is 5.69 Å². The maximum Gasteiger partial charge on any atom is 0.0793 e. The van der Waals surface area contributed by atoms with Crippen LogP contribution >= 0.6 is 11.6 Å². The lowest BCUT2D eigenvalue weighted by Crippen LogP contribution is -2.01. The monoisotopic (exact) mass is 221 g/mol. The Morgan fingerprint density at radius 2 is 2.07 bits per heavy atom. The average molecular weight is 222 g/mol. The molecule has 0 amide bonds. The smallest absolute Gasteiger partial charge is 0.0793 e. The van der Waals surface area contributed by atoms with E-state index in [0.29, 0.717) is 5.88 Å². The summed E-state index contributed by atoms with van der Waals surface area (Å²) in [7, 11) is 0. The maximum absolute atomic E-state index is 5.79. The summed E-state index contributed by atoms with van der Waals surface area (Å²) in [5.74, 6) is 0.417. The molecule has 2 aromatic rings. The molecule has 0 unspecified atom stereocenters. The van der Waals surface area contributed by atoms with Crippen LogP contribution in [-0.4, -0.2) is 15.0 Å². The first kappa shape index (κ1) is 10.2. The second-order valence-electron chi connectivity index (χ2n) is 3.54. The van der Waals surface area contributed by atoms with E-state index in [-0.39, 0.29) is 0 Å². The number of halogens is 1. The molecule has 78 valence electrons. The zero-order valence-electron chi connectivity index (χ0n) is 8.74. The zero-order valence-corrected chi connectivity index (χ0v) is 9.49. The molecule has 4 heteroatoms. The minimum atomic E-state index is 0.417. The molecule has 0 fully saturated rings. The fourth-order valence-corrected chi connectivity index (χ4v) is 1.60. The summed E-state index contributed by atoms with van der Waals surface area (Å²) in [4.78, 5) is 0. The van der Waals surface area contributed by atoms with Crippen LogP contribution in [0.1, 0.15) is 16.8 Å². The number of rotatable bonds is 2. The van der Waals surface area contributed by atoms with Crippen molar-refractivity contribution in [3.63, 3.8) is 0 Å². The van der Waals surface area contributed by atoms with E-state index in [0.717, 1.165) is 11.4 Å². The van der Waals surface area contributed by atoms with E-state index in [1.54, 1.807) is 10.9 Å². The number of aryl methyl sites for hydroxylation is 2. The van der Waals surface area contributed by atoms with Gasteiger partial charge >= 0.3 is 0 Å². The van der Waals surface area contributed by atoms with Crippen LogP contribution in [0.15, 0.2) is 24.4 Å². The lowest BCUT2D eigenvalue weighted by Gasteiger charge is -2.06. The van der Waals surface area contributed by atoms with Crippen molar-refractivity contribution in [3.05, 3.63) is 41.2 Å². The molecule has 15 heavy (non-hydrogen) atoms. The molecule has 0 saturated heterocycles. The Balaban J connectivity index is 2.50. The predicted octanol–water partition coefficient (Wildman–Crippen LogP) is 2.62. The molecule has 3 nitrogen and oxygen atoms in total. The molecule has 1 heterocycles. The molecule has 1 aromatic carbocycles. The van der Waals surface area contributed by atoms with Crippen molar-refractivity contribution in [2.24, 2.45) is 0 Å². The molecule has 0 aliphatic rings. The average Bonchev–Trinajstić information content (AvgIpc) is 2.70. The number of benzene rings is 1. The topological polar surface area (TPSA) is 30.7 Å². The van der Waals surface area contributed by atoms with Gasteiger partial charge in [0.05, 0.1) is 23.5 Å². The van der Waals surface area contributed by atoms with Gasteiger partial charge in [0.2, 0.25) is 0 Å². The molecule has 0 N–H and O–H groups in total. The molecule has 0 bridgehead atoms. The van der Waals surface area contributed by atoms with Crippen LogP contribution in [0.2, 0.25) is 0 Å². The standard InChI is InChI=1S/C11H12ClN3/c1-8-3-4-10(5-9(8)2)15-11(6-12)7-13-14-15/h3-5,7H,6H2,1-2H3. The van der Waals surface area contributed by atoms with Gasteiger partial charge in [0, 0.05) is 0 Å². The number of alkyl halides is 1. The van der Waals surface area contributed by atoms with Crippen LogP contribution in [0.4, 0.5) is 0 Å². The normalized spacial score (nSPS) is 10.6. The third-order valence-electron chi connectivity index (χ3n) is 2.49. The minimum absolute atomic E-state index is 0.417. The Morgan fingerprint density at radius 3 is 2.73 bits per heavy atom. The molecular weight excluding hydrogens is 210 g/mol. The van der Waals surface area contributed by atoms with Gasteiger partial charge < -0.3 is 0 Å².